The molecule has 0 amide bonds. The minimum atomic E-state index is -3.42. The van der Waals surface area contributed by atoms with Crippen LogP contribution in [0, 0.1) is 12.8 Å². The zero-order valence-corrected chi connectivity index (χ0v) is 13.7. The average Bonchev–Trinajstić information content (AvgIpc) is 2.47. The van der Waals surface area contributed by atoms with Gasteiger partial charge in [-0.2, -0.15) is 4.31 Å². The highest BCUT2D eigenvalue weighted by molar-refractivity contribution is 7.89. The lowest BCUT2D eigenvalue weighted by molar-refractivity contribution is 0.263. The summed E-state index contributed by atoms with van der Waals surface area (Å²) >= 11 is 0. The van der Waals surface area contributed by atoms with Crippen LogP contribution in [0.3, 0.4) is 0 Å². The fourth-order valence-electron chi connectivity index (χ4n) is 2.88. The zero-order chi connectivity index (χ0) is 15.5. The quantitative estimate of drug-likeness (QED) is 0.898. The van der Waals surface area contributed by atoms with Crippen LogP contribution < -0.4 is 10.1 Å². The van der Waals surface area contributed by atoms with Crippen LogP contribution in [0.5, 0.6) is 5.75 Å². The van der Waals surface area contributed by atoms with Crippen LogP contribution in [0.4, 0.5) is 0 Å². The van der Waals surface area contributed by atoms with Gasteiger partial charge in [-0.15, -0.1) is 0 Å². The van der Waals surface area contributed by atoms with Crippen molar-refractivity contribution in [3.05, 3.63) is 23.8 Å². The van der Waals surface area contributed by atoms with Crippen LogP contribution >= 0.6 is 0 Å². The third kappa shape index (κ3) is 3.56. The number of piperidine rings is 1. The third-order valence-corrected chi connectivity index (χ3v) is 6.00. The Kier molecular flexibility index (Phi) is 5.24. The highest BCUT2D eigenvalue weighted by Gasteiger charge is 2.30. The molecule has 0 unspecified atom stereocenters. The van der Waals surface area contributed by atoms with Gasteiger partial charge >= 0.3 is 0 Å². The molecule has 1 aliphatic rings. The maximum Gasteiger partial charge on any atom is 0.243 e. The summed E-state index contributed by atoms with van der Waals surface area (Å²) in [7, 11) is 0.0642. The van der Waals surface area contributed by atoms with E-state index in [9.17, 15) is 8.42 Å². The maximum atomic E-state index is 12.8. The molecule has 1 aliphatic heterocycles. The van der Waals surface area contributed by atoms with E-state index in [0.29, 0.717) is 29.7 Å². The molecule has 1 aromatic rings. The van der Waals surface area contributed by atoms with Gasteiger partial charge in [-0.1, -0.05) is 0 Å². The molecule has 0 bridgehead atoms. The Morgan fingerprint density at radius 2 is 2.19 bits per heavy atom. The molecule has 5 nitrogen and oxygen atoms in total. The molecule has 118 valence electrons. The molecule has 0 spiro atoms. The number of hydrogen-bond acceptors (Lipinski definition) is 4. The summed E-state index contributed by atoms with van der Waals surface area (Å²) in [6.45, 7) is 3.86. The first-order valence-electron chi connectivity index (χ1n) is 7.28. The first kappa shape index (κ1) is 16.3. The minimum Gasteiger partial charge on any atom is -0.497 e. The number of methoxy groups -OCH3 is 1. The zero-order valence-electron chi connectivity index (χ0n) is 12.9. The number of ether oxygens (including phenoxy) is 1. The number of benzene rings is 1. The summed E-state index contributed by atoms with van der Waals surface area (Å²) in [4.78, 5) is 0.383. The summed E-state index contributed by atoms with van der Waals surface area (Å²) in [5, 5.41) is 3.14. The number of nitrogens with one attached hydrogen (secondary N) is 1. The SMILES string of the molecule is CNC[C@H]1CCCN(S(=O)(=O)c2ccc(OC)cc2C)C1. The largest absolute Gasteiger partial charge is 0.497 e. The molecular formula is C15H24N2O3S. The van der Waals surface area contributed by atoms with E-state index >= 15 is 0 Å². The van der Waals surface area contributed by atoms with E-state index in [1.165, 1.54) is 0 Å². The van der Waals surface area contributed by atoms with Gasteiger partial charge in [-0.3, -0.25) is 0 Å². The molecule has 0 saturated carbocycles. The van der Waals surface area contributed by atoms with Gasteiger partial charge < -0.3 is 10.1 Å². The van der Waals surface area contributed by atoms with Crippen molar-refractivity contribution >= 4 is 10.0 Å². The number of aryl methyl sites for hydroxylation is 1. The Bertz CT molecular complexity index is 585. The summed E-state index contributed by atoms with van der Waals surface area (Å²) in [5.74, 6) is 1.07. The predicted molar refractivity (Wildman–Crippen MR) is 83.1 cm³/mol. The number of hydrogen-bond donors (Lipinski definition) is 1. The van der Waals surface area contributed by atoms with Crippen LogP contribution in [0.25, 0.3) is 0 Å². The second kappa shape index (κ2) is 6.77. The number of sulfonamides is 1. The molecule has 1 atom stereocenters. The van der Waals surface area contributed by atoms with Crippen molar-refractivity contribution in [3.8, 4) is 5.75 Å². The molecular weight excluding hydrogens is 288 g/mol. The van der Waals surface area contributed by atoms with Crippen LogP contribution in [0.2, 0.25) is 0 Å². The van der Waals surface area contributed by atoms with Crippen molar-refractivity contribution < 1.29 is 13.2 Å². The van der Waals surface area contributed by atoms with E-state index in [-0.39, 0.29) is 0 Å². The lowest BCUT2D eigenvalue weighted by Crippen LogP contribution is -2.42. The minimum absolute atomic E-state index is 0.383. The predicted octanol–water partition coefficient (Wildman–Crippen LogP) is 1.62. The molecule has 1 N–H and O–H groups in total. The van der Waals surface area contributed by atoms with E-state index < -0.39 is 10.0 Å². The van der Waals surface area contributed by atoms with Crippen molar-refractivity contribution in [2.45, 2.75) is 24.7 Å². The molecule has 0 aliphatic carbocycles. The fourth-order valence-corrected chi connectivity index (χ4v) is 4.64. The molecule has 1 heterocycles. The van der Waals surface area contributed by atoms with Crippen molar-refractivity contribution in [1.29, 1.82) is 0 Å². The first-order chi connectivity index (χ1) is 9.98. The summed E-state index contributed by atoms with van der Waals surface area (Å²) in [6, 6.07) is 5.11. The van der Waals surface area contributed by atoms with Gasteiger partial charge in [0.2, 0.25) is 10.0 Å². The van der Waals surface area contributed by atoms with Crippen molar-refractivity contribution in [1.82, 2.24) is 9.62 Å². The highest BCUT2D eigenvalue weighted by atomic mass is 32.2. The van der Waals surface area contributed by atoms with Crippen molar-refractivity contribution in [2.75, 3.05) is 33.8 Å². The standard InChI is InChI=1S/C15H24N2O3S/c1-12-9-14(20-3)6-7-15(12)21(18,19)17-8-4-5-13(11-17)10-16-2/h6-7,9,13,16H,4-5,8,10-11H2,1-3H3/t13-/m1/s1. The molecule has 2 rings (SSSR count). The summed E-state index contributed by atoms with van der Waals surface area (Å²) in [5.41, 5.74) is 0.727. The van der Waals surface area contributed by atoms with Gasteiger partial charge in [0.1, 0.15) is 5.75 Å². The van der Waals surface area contributed by atoms with E-state index in [0.717, 1.165) is 24.9 Å². The van der Waals surface area contributed by atoms with Crippen LogP contribution in [-0.4, -0.2) is 46.5 Å². The van der Waals surface area contributed by atoms with Gasteiger partial charge in [-0.25, -0.2) is 8.42 Å². The summed E-state index contributed by atoms with van der Waals surface area (Å²) in [6.07, 6.45) is 2.00. The molecule has 21 heavy (non-hydrogen) atoms. The Labute approximate surface area is 127 Å². The number of nitrogens with zero attached hydrogens (tertiary/aromatic N) is 1. The van der Waals surface area contributed by atoms with Gasteiger partial charge in [0, 0.05) is 13.1 Å². The van der Waals surface area contributed by atoms with Gasteiger partial charge in [0.05, 0.1) is 12.0 Å². The smallest absolute Gasteiger partial charge is 0.243 e. The fraction of sp³-hybridized carbons (Fsp3) is 0.600. The van der Waals surface area contributed by atoms with Crippen LogP contribution in [0.15, 0.2) is 23.1 Å². The second-order valence-corrected chi connectivity index (χ2v) is 7.47. The highest BCUT2D eigenvalue weighted by Crippen LogP contribution is 2.27. The molecule has 6 heteroatoms. The Hall–Kier alpha value is -1.11. The normalized spacial score (nSPS) is 20.4. The molecule has 0 aromatic heterocycles. The maximum absolute atomic E-state index is 12.8. The van der Waals surface area contributed by atoms with E-state index in [1.54, 1.807) is 29.6 Å². The lowest BCUT2D eigenvalue weighted by Gasteiger charge is -2.32. The van der Waals surface area contributed by atoms with Gasteiger partial charge in [0.25, 0.3) is 0 Å². The Balaban J connectivity index is 2.25. The van der Waals surface area contributed by atoms with E-state index in [4.69, 9.17) is 4.74 Å². The van der Waals surface area contributed by atoms with Gasteiger partial charge in [0.15, 0.2) is 0 Å². The summed E-state index contributed by atoms with van der Waals surface area (Å²) < 4.78 is 32.4. The second-order valence-electron chi connectivity index (χ2n) is 5.56. The first-order valence-corrected chi connectivity index (χ1v) is 8.72. The van der Waals surface area contributed by atoms with Crippen LogP contribution in [-0.2, 0) is 10.0 Å². The van der Waals surface area contributed by atoms with Crippen molar-refractivity contribution in [2.24, 2.45) is 5.92 Å². The van der Waals surface area contributed by atoms with Crippen molar-refractivity contribution in [3.63, 3.8) is 0 Å². The molecule has 0 radical (unpaired) electrons. The average molecular weight is 312 g/mol. The van der Waals surface area contributed by atoms with Gasteiger partial charge in [-0.05, 0) is 63.0 Å². The Morgan fingerprint density at radius 3 is 2.81 bits per heavy atom. The molecule has 1 saturated heterocycles. The topological polar surface area (TPSA) is 58.6 Å². The van der Waals surface area contributed by atoms with E-state index in [2.05, 4.69) is 5.32 Å². The van der Waals surface area contributed by atoms with Crippen LogP contribution in [0.1, 0.15) is 18.4 Å². The molecule has 1 fully saturated rings. The lowest BCUT2D eigenvalue weighted by atomic mass is 10.00. The monoisotopic (exact) mass is 312 g/mol. The van der Waals surface area contributed by atoms with E-state index in [1.807, 2.05) is 14.0 Å². The number of rotatable bonds is 5. The Morgan fingerprint density at radius 1 is 1.43 bits per heavy atom. The molecule has 1 aromatic carbocycles. The third-order valence-electron chi connectivity index (χ3n) is 3.97.